The van der Waals surface area contributed by atoms with Crippen LogP contribution in [0.2, 0.25) is 10.3 Å². The van der Waals surface area contributed by atoms with E-state index in [9.17, 15) is 4.79 Å². The average Bonchev–Trinajstić information content (AvgIpc) is 2.62. The highest BCUT2D eigenvalue weighted by Crippen LogP contribution is 2.19. The predicted molar refractivity (Wildman–Crippen MR) is 65.1 cm³/mol. The molecule has 0 aliphatic heterocycles. The first-order valence-corrected chi connectivity index (χ1v) is 5.48. The molecule has 0 bridgehead atoms. The number of halogens is 2. The smallest absolute Gasteiger partial charge is 0.244 e. The second kappa shape index (κ2) is 5.16. The van der Waals surface area contributed by atoms with Crippen LogP contribution in [0.1, 0.15) is 0 Å². The molecule has 17 heavy (non-hydrogen) atoms. The van der Waals surface area contributed by atoms with Crippen molar-refractivity contribution >= 4 is 34.8 Å². The van der Waals surface area contributed by atoms with Gasteiger partial charge in [0, 0.05) is 6.20 Å². The zero-order chi connectivity index (χ0) is 12.3. The Bertz CT molecular complexity index is 526. The first-order valence-electron chi connectivity index (χ1n) is 4.73. The quantitative estimate of drug-likeness (QED) is 0.931. The number of nitrogens with zero attached hydrogens (tertiary/aromatic N) is 3. The van der Waals surface area contributed by atoms with Crippen molar-refractivity contribution in [2.75, 3.05) is 5.32 Å². The fourth-order valence-corrected chi connectivity index (χ4v) is 1.55. The molecule has 0 aliphatic carbocycles. The van der Waals surface area contributed by atoms with Crippen molar-refractivity contribution in [2.24, 2.45) is 0 Å². The Kier molecular flexibility index (Phi) is 3.61. The Hall–Kier alpha value is -1.59. The Morgan fingerprint density at radius 1 is 1.47 bits per heavy atom. The van der Waals surface area contributed by atoms with Gasteiger partial charge in [-0.05, 0) is 12.1 Å². The van der Waals surface area contributed by atoms with E-state index in [2.05, 4.69) is 15.3 Å². The summed E-state index contributed by atoms with van der Waals surface area (Å²) in [7, 11) is 0. The van der Waals surface area contributed by atoms with Gasteiger partial charge in [0.25, 0.3) is 0 Å². The number of aromatic nitrogens is 3. The number of hydrogen-bond donors (Lipinski definition) is 1. The molecule has 0 unspecified atom stereocenters. The van der Waals surface area contributed by atoms with E-state index < -0.39 is 0 Å². The van der Waals surface area contributed by atoms with Crippen molar-refractivity contribution in [3.63, 3.8) is 0 Å². The minimum absolute atomic E-state index is 0.0491. The molecule has 2 rings (SSSR count). The maximum absolute atomic E-state index is 11.7. The molecule has 2 aromatic heterocycles. The maximum Gasteiger partial charge on any atom is 0.244 e. The number of rotatable bonds is 3. The molecule has 0 spiro atoms. The molecule has 0 aliphatic rings. The SMILES string of the molecule is O=C(Cn1cnc(Cl)c1Cl)Nc1cccnc1. The number of amides is 1. The van der Waals surface area contributed by atoms with Gasteiger partial charge in [0.1, 0.15) is 11.7 Å². The molecule has 0 saturated carbocycles. The standard InChI is InChI=1S/C10H8Cl2N4O/c11-9-10(12)16(6-14-9)5-8(17)15-7-2-1-3-13-4-7/h1-4,6H,5H2,(H,15,17). The molecule has 0 atom stereocenters. The monoisotopic (exact) mass is 270 g/mol. The Labute approximate surface area is 107 Å². The second-order valence-corrected chi connectivity index (χ2v) is 3.96. The van der Waals surface area contributed by atoms with Crippen LogP contribution < -0.4 is 5.32 Å². The van der Waals surface area contributed by atoms with Gasteiger partial charge in [0.2, 0.25) is 5.91 Å². The lowest BCUT2D eigenvalue weighted by atomic mass is 10.4. The summed E-state index contributed by atoms with van der Waals surface area (Å²) in [6.45, 7) is 0.0491. The van der Waals surface area contributed by atoms with Crippen molar-refractivity contribution in [2.45, 2.75) is 6.54 Å². The summed E-state index contributed by atoms with van der Waals surface area (Å²) in [5.74, 6) is -0.228. The molecule has 88 valence electrons. The zero-order valence-corrected chi connectivity index (χ0v) is 10.1. The van der Waals surface area contributed by atoms with E-state index in [0.29, 0.717) is 5.69 Å². The Morgan fingerprint density at radius 2 is 2.29 bits per heavy atom. The number of imidazole rings is 1. The van der Waals surface area contributed by atoms with Crippen molar-refractivity contribution < 1.29 is 4.79 Å². The summed E-state index contributed by atoms with van der Waals surface area (Å²) in [6.07, 6.45) is 4.59. The van der Waals surface area contributed by atoms with Crippen LogP contribution in [0.25, 0.3) is 0 Å². The fraction of sp³-hybridized carbons (Fsp3) is 0.100. The van der Waals surface area contributed by atoms with E-state index in [-0.39, 0.29) is 22.8 Å². The third kappa shape index (κ3) is 2.95. The van der Waals surface area contributed by atoms with Crippen molar-refractivity contribution in [1.82, 2.24) is 14.5 Å². The highest BCUT2D eigenvalue weighted by atomic mass is 35.5. The summed E-state index contributed by atoms with van der Waals surface area (Å²) in [5, 5.41) is 3.10. The molecule has 2 heterocycles. The third-order valence-electron chi connectivity index (χ3n) is 1.99. The van der Waals surface area contributed by atoms with Crippen LogP contribution in [-0.2, 0) is 11.3 Å². The number of carbonyl (C=O) groups excluding carboxylic acids is 1. The number of anilines is 1. The van der Waals surface area contributed by atoms with Crippen LogP contribution in [0.5, 0.6) is 0 Å². The van der Waals surface area contributed by atoms with Gasteiger partial charge in [-0.3, -0.25) is 9.78 Å². The lowest BCUT2D eigenvalue weighted by Gasteiger charge is -2.05. The summed E-state index contributed by atoms with van der Waals surface area (Å²) in [4.78, 5) is 19.3. The van der Waals surface area contributed by atoms with Crippen LogP contribution in [-0.4, -0.2) is 20.4 Å². The van der Waals surface area contributed by atoms with Gasteiger partial charge in [-0.2, -0.15) is 0 Å². The van der Waals surface area contributed by atoms with Gasteiger partial charge in [-0.25, -0.2) is 4.98 Å². The van der Waals surface area contributed by atoms with Crippen molar-refractivity contribution in [3.8, 4) is 0 Å². The van der Waals surface area contributed by atoms with Gasteiger partial charge >= 0.3 is 0 Å². The molecule has 0 radical (unpaired) electrons. The number of pyridine rings is 1. The Morgan fingerprint density at radius 3 is 2.88 bits per heavy atom. The summed E-state index contributed by atoms with van der Waals surface area (Å²) in [6, 6.07) is 3.48. The molecule has 1 N–H and O–H groups in total. The number of hydrogen-bond acceptors (Lipinski definition) is 3. The first-order chi connectivity index (χ1) is 8.16. The van der Waals surface area contributed by atoms with Crippen LogP contribution in [0, 0.1) is 0 Å². The normalized spacial score (nSPS) is 10.2. The average molecular weight is 271 g/mol. The second-order valence-electron chi connectivity index (χ2n) is 3.24. The summed E-state index contributed by atoms with van der Waals surface area (Å²) in [5.41, 5.74) is 0.625. The summed E-state index contributed by atoms with van der Waals surface area (Å²) < 4.78 is 1.45. The van der Waals surface area contributed by atoms with Gasteiger partial charge < -0.3 is 9.88 Å². The van der Waals surface area contributed by atoms with Crippen LogP contribution in [0.3, 0.4) is 0 Å². The largest absolute Gasteiger partial charge is 0.323 e. The molecule has 0 saturated heterocycles. The van der Waals surface area contributed by atoms with Gasteiger partial charge in [-0.1, -0.05) is 23.2 Å². The van der Waals surface area contributed by atoms with Crippen LogP contribution in [0.15, 0.2) is 30.9 Å². The first kappa shape index (κ1) is 11.9. The lowest BCUT2D eigenvalue weighted by Crippen LogP contribution is -2.18. The molecular formula is C10H8Cl2N4O. The summed E-state index contributed by atoms with van der Waals surface area (Å²) >= 11 is 11.5. The van der Waals surface area contributed by atoms with E-state index in [4.69, 9.17) is 23.2 Å². The third-order valence-corrected chi connectivity index (χ3v) is 2.76. The molecule has 1 amide bonds. The van der Waals surface area contributed by atoms with Gasteiger partial charge in [0.15, 0.2) is 5.15 Å². The maximum atomic E-state index is 11.7. The van der Waals surface area contributed by atoms with E-state index >= 15 is 0 Å². The minimum atomic E-state index is -0.228. The highest BCUT2D eigenvalue weighted by Gasteiger charge is 2.09. The van der Waals surface area contributed by atoms with Crippen LogP contribution in [0.4, 0.5) is 5.69 Å². The highest BCUT2D eigenvalue weighted by molar-refractivity contribution is 6.40. The van der Waals surface area contributed by atoms with Crippen LogP contribution >= 0.6 is 23.2 Å². The number of nitrogens with one attached hydrogen (secondary N) is 1. The lowest BCUT2D eigenvalue weighted by molar-refractivity contribution is -0.116. The molecule has 0 fully saturated rings. The van der Waals surface area contributed by atoms with Gasteiger partial charge in [0.05, 0.1) is 18.2 Å². The zero-order valence-electron chi connectivity index (χ0n) is 8.60. The van der Waals surface area contributed by atoms with Gasteiger partial charge in [-0.15, -0.1) is 0 Å². The van der Waals surface area contributed by atoms with E-state index in [1.54, 1.807) is 24.5 Å². The molecular weight excluding hydrogens is 263 g/mol. The van der Waals surface area contributed by atoms with E-state index in [1.165, 1.54) is 10.9 Å². The number of carbonyl (C=O) groups is 1. The van der Waals surface area contributed by atoms with E-state index in [0.717, 1.165) is 0 Å². The Balaban J connectivity index is 2.01. The van der Waals surface area contributed by atoms with Crippen molar-refractivity contribution in [3.05, 3.63) is 41.2 Å². The molecule has 5 nitrogen and oxygen atoms in total. The van der Waals surface area contributed by atoms with E-state index in [1.807, 2.05) is 0 Å². The molecule has 7 heteroatoms. The molecule has 2 aromatic rings. The molecule has 0 aromatic carbocycles. The fourth-order valence-electron chi connectivity index (χ4n) is 1.25. The minimum Gasteiger partial charge on any atom is -0.323 e. The van der Waals surface area contributed by atoms with Crippen molar-refractivity contribution in [1.29, 1.82) is 0 Å². The predicted octanol–water partition coefficient (Wildman–Crippen LogP) is 2.22. The topological polar surface area (TPSA) is 59.8 Å².